The lowest BCUT2D eigenvalue weighted by Crippen LogP contribution is -2.38. The van der Waals surface area contributed by atoms with Crippen LogP contribution in [0.3, 0.4) is 0 Å². The van der Waals surface area contributed by atoms with Gasteiger partial charge in [0.1, 0.15) is 5.82 Å². The van der Waals surface area contributed by atoms with E-state index in [1.807, 2.05) is 0 Å². The van der Waals surface area contributed by atoms with Crippen LogP contribution in [0.1, 0.15) is 34.9 Å². The number of hydrogen-bond donors (Lipinski definition) is 0. The zero-order chi connectivity index (χ0) is 14.9. The maximum atomic E-state index is 12.3. The summed E-state index contributed by atoms with van der Waals surface area (Å²) >= 11 is 0. The third-order valence-corrected chi connectivity index (χ3v) is 4.46. The molecule has 0 aliphatic carbocycles. The van der Waals surface area contributed by atoms with Crippen LogP contribution in [0.4, 0.5) is 0 Å². The fourth-order valence-electron chi connectivity index (χ4n) is 3.29. The molecule has 6 nitrogen and oxygen atoms in total. The molecule has 2 aliphatic heterocycles. The van der Waals surface area contributed by atoms with Crippen molar-refractivity contribution in [3.63, 3.8) is 0 Å². The maximum Gasteiger partial charge on any atom is 0.290 e. The van der Waals surface area contributed by atoms with Crippen LogP contribution < -0.4 is 0 Å². The van der Waals surface area contributed by atoms with Crippen LogP contribution in [-0.4, -0.2) is 44.9 Å². The number of amides is 1. The number of rotatable bonds is 3. The molecular formula is C16H20N4O2. The monoisotopic (exact) mass is 300 g/mol. The molecule has 0 unspecified atom stereocenters. The topological polar surface area (TPSA) is 54.5 Å². The first-order valence-corrected chi connectivity index (χ1v) is 7.90. The van der Waals surface area contributed by atoms with Crippen molar-refractivity contribution in [2.75, 3.05) is 19.6 Å². The number of carbonyl (C=O) groups excluding carboxylic acids is 1. The fraction of sp³-hybridized carbons (Fsp3) is 0.500. The zero-order valence-electron chi connectivity index (χ0n) is 12.6. The summed E-state index contributed by atoms with van der Waals surface area (Å²) in [6.07, 6.45) is 6.26. The van der Waals surface area contributed by atoms with Crippen molar-refractivity contribution >= 4 is 5.91 Å². The lowest BCUT2D eigenvalue weighted by molar-refractivity contribution is 0.0675. The van der Waals surface area contributed by atoms with Crippen molar-refractivity contribution in [1.82, 2.24) is 19.4 Å². The highest BCUT2D eigenvalue weighted by Gasteiger charge is 2.25. The Morgan fingerprint density at radius 1 is 1.23 bits per heavy atom. The molecule has 0 bridgehead atoms. The minimum absolute atomic E-state index is 0.0552. The molecular weight excluding hydrogens is 280 g/mol. The average molecular weight is 300 g/mol. The first-order valence-electron chi connectivity index (χ1n) is 7.90. The predicted octanol–water partition coefficient (Wildman–Crippen LogP) is 1.73. The smallest absolute Gasteiger partial charge is 0.290 e. The van der Waals surface area contributed by atoms with Gasteiger partial charge in [-0.3, -0.25) is 9.69 Å². The Balaban J connectivity index is 1.46. The van der Waals surface area contributed by atoms with Gasteiger partial charge in [0, 0.05) is 25.8 Å². The van der Waals surface area contributed by atoms with Crippen LogP contribution in [-0.2, 0) is 19.6 Å². The molecule has 1 saturated heterocycles. The average Bonchev–Trinajstić information content (AvgIpc) is 3.27. The van der Waals surface area contributed by atoms with Crippen LogP contribution in [0.25, 0.3) is 0 Å². The Bertz CT molecular complexity index is 656. The second kappa shape index (κ2) is 5.61. The van der Waals surface area contributed by atoms with E-state index in [2.05, 4.69) is 15.7 Å². The Kier molecular flexibility index (Phi) is 3.46. The number of fused-ring (bicyclic) bond motifs is 1. The van der Waals surface area contributed by atoms with Crippen molar-refractivity contribution in [2.24, 2.45) is 0 Å². The third-order valence-electron chi connectivity index (χ3n) is 4.46. The predicted molar refractivity (Wildman–Crippen MR) is 80.2 cm³/mol. The summed E-state index contributed by atoms with van der Waals surface area (Å²) in [5.41, 5.74) is 1.11. The van der Waals surface area contributed by atoms with Crippen molar-refractivity contribution < 1.29 is 9.21 Å². The van der Waals surface area contributed by atoms with Gasteiger partial charge in [-0.2, -0.15) is 0 Å². The summed E-state index contributed by atoms with van der Waals surface area (Å²) in [5, 5.41) is 0. The van der Waals surface area contributed by atoms with E-state index in [0.29, 0.717) is 18.8 Å². The molecule has 0 radical (unpaired) electrons. The summed E-state index contributed by atoms with van der Waals surface area (Å²) in [5.74, 6) is 1.32. The third kappa shape index (κ3) is 2.54. The van der Waals surface area contributed by atoms with Gasteiger partial charge in [-0.25, -0.2) is 4.98 Å². The molecule has 4 rings (SSSR count). The molecule has 0 atom stereocenters. The van der Waals surface area contributed by atoms with Crippen molar-refractivity contribution in [2.45, 2.75) is 32.5 Å². The number of hydrogen-bond acceptors (Lipinski definition) is 4. The van der Waals surface area contributed by atoms with E-state index < -0.39 is 0 Å². The van der Waals surface area contributed by atoms with E-state index in [1.165, 1.54) is 32.2 Å². The van der Waals surface area contributed by atoms with E-state index >= 15 is 0 Å². The lowest BCUT2D eigenvalue weighted by Gasteiger charge is -2.26. The van der Waals surface area contributed by atoms with Crippen LogP contribution in [0.15, 0.2) is 29.0 Å². The molecule has 0 N–H and O–H groups in total. The molecule has 1 amide bonds. The molecule has 1 fully saturated rings. The molecule has 116 valence electrons. The number of aromatic nitrogens is 2. The van der Waals surface area contributed by atoms with Gasteiger partial charge in [0.15, 0.2) is 5.76 Å². The van der Waals surface area contributed by atoms with Crippen LogP contribution in [0.2, 0.25) is 0 Å². The molecule has 4 heterocycles. The highest BCUT2D eigenvalue weighted by Crippen LogP contribution is 2.18. The molecule has 6 heteroatoms. The van der Waals surface area contributed by atoms with Gasteiger partial charge in [-0.15, -0.1) is 0 Å². The Labute approximate surface area is 129 Å². The van der Waals surface area contributed by atoms with Gasteiger partial charge in [0.2, 0.25) is 0 Å². The van der Waals surface area contributed by atoms with E-state index in [4.69, 9.17) is 9.40 Å². The summed E-state index contributed by atoms with van der Waals surface area (Å²) in [6, 6.07) is 3.45. The number of nitrogens with zero attached hydrogens (tertiary/aromatic N) is 4. The van der Waals surface area contributed by atoms with E-state index in [-0.39, 0.29) is 5.91 Å². The van der Waals surface area contributed by atoms with Crippen LogP contribution >= 0.6 is 0 Å². The Hall–Kier alpha value is -2.08. The number of carbonyl (C=O) groups is 1. The van der Waals surface area contributed by atoms with Crippen molar-refractivity contribution in [3.8, 4) is 0 Å². The number of likely N-dealkylation sites (tertiary alicyclic amines) is 1. The molecule has 22 heavy (non-hydrogen) atoms. The second-order valence-corrected chi connectivity index (χ2v) is 6.03. The zero-order valence-corrected chi connectivity index (χ0v) is 12.6. The van der Waals surface area contributed by atoms with Crippen molar-refractivity contribution in [3.05, 3.63) is 41.9 Å². The van der Waals surface area contributed by atoms with Crippen molar-refractivity contribution in [1.29, 1.82) is 0 Å². The van der Waals surface area contributed by atoms with E-state index in [0.717, 1.165) is 24.6 Å². The number of imidazole rings is 1. The lowest BCUT2D eigenvalue weighted by atomic mass is 10.3. The standard InChI is InChI=1S/C16H20N4O2/c21-16(14-4-3-9-22-14)20-8-7-19-11-13(17-15(19)12-20)10-18-5-1-2-6-18/h3-4,9,11H,1-2,5-8,10,12H2. The van der Waals surface area contributed by atoms with Gasteiger partial charge in [-0.05, 0) is 38.1 Å². The number of furan rings is 1. The molecule has 0 spiro atoms. The largest absolute Gasteiger partial charge is 0.459 e. The molecule has 2 aromatic heterocycles. The highest BCUT2D eigenvalue weighted by atomic mass is 16.3. The molecule has 0 saturated carbocycles. The Morgan fingerprint density at radius 2 is 2.09 bits per heavy atom. The minimum atomic E-state index is -0.0552. The maximum absolute atomic E-state index is 12.3. The summed E-state index contributed by atoms with van der Waals surface area (Å²) in [4.78, 5) is 21.3. The van der Waals surface area contributed by atoms with Gasteiger partial charge < -0.3 is 13.9 Å². The minimum Gasteiger partial charge on any atom is -0.459 e. The van der Waals surface area contributed by atoms with E-state index in [9.17, 15) is 4.79 Å². The first kappa shape index (κ1) is 13.6. The Morgan fingerprint density at radius 3 is 2.86 bits per heavy atom. The second-order valence-electron chi connectivity index (χ2n) is 6.03. The van der Waals surface area contributed by atoms with Crippen LogP contribution in [0.5, 0.6) is 0 Å². The van der Waals surface area contributed by atoms with Gasteiger partial charge in [0.05, 0.1) is 18.5 Å². The fourth-order valence-corrected chi connectivity index (χ4v) is 3.29. The van der Waals surface area contributed by atoms with E-state index in [1.54, 1.807) is 17.0 Å². The highest BCUT2D eigenvalue weighted by molar-refractivity contribution is 5.91. The summed E-state index contributed by atoms with van der Waals surface area (Å²) in [7, 11) is 0. The molecule has 2 aromatic rings. The van der Waals surface area contributed by atoms with Gasteiger partial charge >= 0.3 is 0 Å². The molecule has 0 aromatic carbocycles. The normalized spacial score (nSPS) is 18.6. The quantitative estimate of drug-likeness (QED) is 0.866. The van der Waals surface area contributed by atoms with Crippen LogP contribution in [0, 0.1) is 0 Å². The van der Waals surface area contributed by atoms with Gasteiger partial charge in [-0.1, -0.05) is 0 Å². The van der Waals surface area contributed by atoms with Gasteiger partial charge in [0.25, 0.3) is 5.91 Å². The summed E-state index contributed by atoms with van der Waals surface area (Å²) < 4.78 is 7.38. The first-order chi connectivity index (χ1) is 10.8. The molecule has 2 aliphatic rings. The summed E-state index contributed by atoms with van der Waals surface area (Å²) in [6.45, 7) is 5.32. The SMILES string of the molecule is O=C(c1ccco1)N1CCn2cc(CN3CCCC3)nc2C1.